The molecule has 1 unspecified atom stereocenters. The summed E-state index contributed by atoms with van der Waals surface area (Å²) in [7, 11) is -1.81. The van der Waals surface area contributed by atoms with E-state index in [4.69, 9.17) is 15.3 Å². The predicted octanol–water partition coefficient (Wildman–Crippen LogP) is 3.11. The maximum Gasteiger partial charge on any atom is 0.404 e. The maximum absolute atomic E-state index is 10.6. The lowest BCUT2D eigenvalue weighted by atomic mass is 10.1. The van der Waals surface area contributed by atoms with Crippen molar-refractivity contribution in [2.45, 2.75) is 58.0 Å². The molecule has 0 aliphatic carbocycles. The van der Waals surface area contributed by atoms with Gasteiger partial charge in [-0.25, -0.2) is 9.78 Å². The third kappa shape index (κ3) is 5.05. The van der Waals surface area contributed by atoms with Gasteiger partial charge in [-0.1, -0.05) is 20.8 Å². The van der Waals surface area contributed by atoms with Gasteiger partial charge in [-0.15, -0.1) is 11.3 Å². The molecule has 0 fully saturated rings. The van der Waals surface area contributed by atoms with Crippen molar-refractivity contribution in [2.75, 3.05) is 6.54 Å². The molecule has 0 spiro atoms. The molecule has 0 aliphatic heterocycles. The van der Waals surface area contributed by atoms with E-state index < -0.39 is 19.9 Å². The van der Waals surface area contributed by atoms with E-state index in [-0.39, 0.29) is 11.6 Å². The topological polar surface area (TPSA) is 97.5 Å². The number of carbonyl (C=O) groups is 1. The summed E-state index contributed by atoms with van der Waals surface area (Å²) < 4.78 is 6.14. The number of carboxylic acid groups (broad SMARTS) is 1. The van der Waals surface area contributed by atoms with Crippen molar-refractivity contribution in [1.29, 1.82) is 0 Å². The van der Waals surface area contributed by atoms with Crippen LogP contribution in [-0.2, 0) is 16.6 Å². The zero-order valence-corrected chi connectivity index (χ0v) is 16.0. The Bertz CT molecular complexity index is 524. The first kappa shape index (κ1) is 19.1. The molecule has 8 heteroatoms. The van der Waals surface area contributed by atoms with Crippen molar-refractivity contribution in [3.05, 3.63) is 16.1 Å². The third-order valence-electron chi connectivity index (χ3n) is 4.03. The summed E-state index contributed by atoms with van der Waals surface area (Å²) in [6, 6.07) is 0. The number of nitrogens with one attached hydrogen (secondary N) is 1. The van der Waals surface area contributed by atoms with Gasteiger partial charge in [0.2, 0.25) is 0 Å². The van der Waals surface area contributed by atoms with E-state index >= 15 is 0 Å². The molecule has 1 aromatic rings. The van der Waals surface area contributed by atoms with E-state index in [0.717, 1.165) is 5.69 Å². The standard InChI is InChI=1S/C14H27N3O3SSi/c1-13(2,3)22(5,6)20-7-10-8-21-11(17-10)14(4,15)9-16-12(18)19/h8,16H,7,9,15H2,1-6H3,(H,18,19). The van der Waals surface area contributed by atoms with E-state index in [1.807, 2.05) is 5.38 Å². The minimum Gasteiger partial charge on any atom is -0.465 e. The van der Waals surface area contributed by atoms with E-state index in [1.54, 1.807) is 6.92 Å². The van der Waals surface area contributed by atoms with Gasteiger partial charge in [0.25, 0.3) is 0 Å². The van der Waals surface area contributed by atoms with Crippen LogP contribution in [0.1, 0.15) is 38.4 Å². The Morgan fingerprint density at radius 3 is 2.55 bits per heavy atom. The molecule has 0 aliphatic rings. The van der Waals surface area contributed by atoms with Gasteiger partial charge in [0.05, 0.1) is 17.8 Å². The van der Waals surface area contributed by atoms with E-state index in [9.17, 15) is 4.79 Å². The van der Waals surface area contributed by atoms with Gasteiger partial charge in [-0.3, -0.25) is 0 Å². The molecule has 126 valence electrons. The Balaban J connectivity index is 2.70. The Labute approximate surface area is 137 Å². The first-order chi connectivity index (χ1) is 9.85. The summed E-state index contributed by atoms with van der Waals surface area (Å²) in [5.74, 6) is 0. The number of amides is 1. The molecule has 0 aromatic carbocycles. The molecule has 0 radical (unpaired) electrons. The zero-order valence-electron chi connectivity index (χ0n) is 14.2. The Morgan fingerprint density at radius 2 is 2.05 bits per heavy atom. The third-order valence-corrected chi connectivity index (χ3v) is 9.68. The van der Waals surface area contributed by atoms with Crippen LogP contribution in [-0.4, -0.2) is 31.0 Å². The van der Waals surface area contributed by atoms with Crippen LogP contribution in [0, 0.1) is 0 Å². The number of thiazole rings is 1. The normalized spacial score (nSPS) is 15.4. The van der Waals surface area contributed by atoms with E-state index in [0.29, 0.717) is 11.6 Å². The summed E-state index contributed by atoms with van der Waals surface area (Å²) >= 11 is 1.43. The molecule has 22 heavy (non-hydrogen) atoms. The lowest BCUT2D eigenvalue weighted by Crippen LogP contribution is -2.44. The van der Waals surface area contributed by atoms with Crippen molar-refractivity contribution >= 4 is 25.7 Å². The highest BCUT2D eigenvalue weighted by atomic mass is 32.1. The number of nitrogens with two attached hydrogens (primary N) is 1. The molecule has 6 nitrogen and oxygen atoms in total. The molecular weight excluding hydrogens is 318 g/mol. The van der Waals surface area contributed by atoms with Crippen LogP contribution >= 0.6 is 11.3 Å². The molecule has 0 bridgehead atoms. The molecule has 0 saturated heterocycles. The minimum absolute atomic E-state index is 0.123. The van der Waals surface area contributed by atoms with Crippen LogP contribution in [0.15, 0.2) is 5.38 Å². The highest BCUT2D eigenvalue weighted by Gasteiger charge is 2.37. The Morgan fingerprint density at radius 1 is 1.45 bits per heavy atom. The van der Waals surface area contributed by atoms with Crippen molar-refractivity contribution in [3.63, 3.8) is 0 Å². The molecule has 0 saturated carbocycles. The number of rotatable bonds is 6. The number of hydrogen-bond donors (Lipinski definition) is 3. The largest absolute Gasteiger partial charge is 0.465 e. The number of nitrogens with zero attached hydrogens (tertiary/aromatic N) is 1. The fraction of sp³-hybridized carbons (Fsp3) is 0.714. The van der Waals surface area contributed by atoms with Crippen LogP contribution in [0.5, 0.6) is 0 Å². The van der Waals surface area contributed by atoms with Crippen LogP contribution in [0.3, 0.4) is 0 Å². The number of aromatic nitrogens is 1. The summed E-state index contributed by atoms with van der Waals surface area (Å²) in [6.45, 7) is 13.3. The molecule has 1 amide bonds. The van der Waals surface area contributed by atoms with Gasteiger partial charge in [0.15, 0.2) is 8.32 Å². The highest BCUT2D eigenvalue weighted by Crippen LogP contribution is 2.37. The highest BCUT2D eigenvalue weighted by molar-refractivity contribution is 7.09. The summed E-state index contributed by atoms with van der Waals surface area (Å²) in [4.78, 5) is 15.1. The summed E-state index contributed by atoms with van der Waals surface area (Å²) in [5, 5.41) is 13.8. The van der Waals surface area contributed by atoms with Crippen molar-refractivity contribution in [2.24, 2.45) is 5.73 Å². The van der Waals surface area contributed by atoms with Gasteiger partial charge in [-0.2, -0.15) is 0 Å². The SMILES string of the molecule is CC(N)(CNC(=O)O)c1nc(CO[Si](C)(C)C(C)(C)C)cs1. The zero-order chi connectivity index (χ0) is 17.2. The summed E-state index contributed by atoms with van der Waals surface area (Å²) in [5.41, 5.74) is 6.16. The molecule has 1 rings (SSSR count). The first-order valence-electron chi connectivity index (χ1n) is 7.20. The second-order valence-electron chi connectivity index (χ2n) is 7.27. The second kappa shape index (κ2) is 6.65. The van der Waals surface area contributed by atoms with Gasteiger partial charge in [0, 0.05) is 11.9 Å². The van der Waals surface area contributed by atoms with Gasteiger partial charge in [0.1, 0.15) is 5.01 Å². The average Bonchev–Trinajstić information content (AvgIpc) is 2.82. The fourth-order valence-corrected chi connectivity index (χ4v) is 3.26. The van der Waals surface area contributed by atoms with Crippen LogP contribution < -0.4 is 11.1 Å². The lowest BCUT2D eigenvalue weighted by molar-refractivity contribution is 0.191. The van der Waals surface area contributed by atoms with Gasteiger partial charge in [-0.05, 0) is 25.1 Å². The van der Waals surface area contributed by atoms with Gasteiger partial charge < -0.3 is 20.6 Å². The molecule has 1 heterocycles. The van der Waals surface area contributed by atoms with E-state index in [1.165, 1.54) is 11.3 Å². The summed E-state index contributed by atoms with van der Waals surface area (Å²) in [6.07, 6.45) is -1.09. The molecule has 1 atom stereocenters. The molecule has 1 aromatic heterocycles. The molecule has 4 N–H and O–H groups in total. The second-order valence-corrected chi connectivity index (χ2v) is 12.9. The van der Waals surface area contributed by atoms with E-state index in [2.05, 4.69) is 44.2 Å². The Hall–Kier alpha value is -0.963. The average molecular weight is 346 g/mol. The maximum atomic E-state index is 10.6. The Kier molecular flexibility index (Phi) is 5.77. The van der Waals surface area contributed by atoms with Crippen LogP contribution in [0.25, 0.3) is 0 Å². The van der Waals surface area contributed by atoms with Crippen LogP contribution in [0.2, 0.25) is 18.1 Å². The minimum atomic E-state index is -1.81. The first-order valence-corrected chi connectivity index (χ1v) is 11.0. The smallest absolute Gasteiger partial charge is 0.404 e. The van der Waals surface area contributed by atoms with Crippen molar-refractivity contribution in [1.82, 2.24) is 10.3 Å². The molecular formula is C14H27N3O3SSi. The quantitative estimate of drug-likeness (QED) is 0.688. The lowest BCUT2D eigenvalue weighted by Gasteiger charge is -2.35. The predicted molar refractivity (Wildman–Crippen MR) is 91.7 cm³/mol. The van der Waals surface area contributed by atoms with Crippen molar-refractivity contribution < 1.29 is 14.3 Å². The van der Waals surface area contributed by atoms with Gasteiger partial charge >= 0.3 is 6.09 Å². The van der Waals surface area contributed by atoms with Crippen LogP contribution in [0.4, 0.5) is 4.79 Å². The van der Waals surface area contributed by atoms with Crippen molar-refractivity contribution in [3.8, 4) is 0 Å². The monoisotopic (exact) mass is 345 g/mol. The number of hydrogen-bond acceptors (Lipinski definition) is 5. The fourth-order valence-electron chi connectivity index (χ4n) is 1.44.